The molecule has 0 atom stereocenters. The average Bonchev–Trinajstić information content (AvgIpc) is 3.38. The van der Waals surface area contributed by atoms with E-state index in [9.17, 15) is 18.0 Å². The average molecular weight is 563 g/mol. The maximum Gasteiger partial charge on any atom is 0.490 e. The van der Waals surface area contributed by atoms with Gasteiger partial charge in [0, 0.05) is 17.1 Å². The number of urea groups is 1. The number of hydrogen-bond donors (Lipinski definition) is 6. The Morgan fingerprint density at radius 1 is 1.03 bits per heavy atom. The summed E-state index contributed by atoms with van der Waals surface area (Å²) < 4.78 is 31.7. The number of carbonyl (C=O) groups is 2. The fourth-order valence-corrected chi connectivity index (χ4v) is 3.48. The molecule has 6 N–H and O–H groups in total. The lowest BCUT2D eigenvalue weighted by Gasteiger charge is -2.14. The van der Waals surface area contributed by atoms with Crippen LogP contribution < -0.4 is 21.3 Å². The van der Waals surface area contributed by atoms with Crippen molar-refractivity contribution < 1.29 is 27.9 Å². The second kappa shape index (κ2) is 11.6. The zero-order valence-electron chi connectivity index (χ0n) is 19.5. The van der Waals surface area contributed by atoms with Gasteiger partial charge in [-0.3, -0.25) is 5.32 Å². The number of carbonyl (C=O) groups excluding carboxylic acids is 1. The highest BCUT2D eigenvalue weighted by molar-refractivity contribution is 6.32. The molecule has 4 aromatic rings. The molecular formula is C22H18ClF3N10O3. The number of alkyl halides is 3. The summed E-state index contributed by atoms with van der Waals surface area (Å²) in [6, 6.07) is 13.2. The number of benzene rings is 2. The molecule has 2 aromatic heterocycles. The van der Waals surface area contributed by atoms with Crippen LogP contribution in [-0.4, -0.2) is 53.9 Å². The fourth-order valence-electron chi connectivity index (χ4n) is 3.34. The van der Waals surface area contributed by atoms with Gasteiger partial charge in [0.05, 0.1) is 6.20 Å². The van der Waals surface area contributed by atoms with Crippen LogP contribution in [0, 0.1) is 0 Å². The molecule has 3 heterocycles. The smallest absolute Gasteiger partial charge is 0.475 e. The minimum absolute atomic E-state index is 0.152. The lowest BCUT2D eigenvalue weighted by atomic mass is 10.0. The number of hydrogen-bond acceptors (Lipinski definition) is 9. The zero-order chi connectivity index (χ0) is 28.0. The maximum atomic E-state index is 12.4. The molecule has 1 aliphatic heterocycles. The lowest BCUT2D eigenvalue weighted by molar-refractivity contribution is -0.192. The highest BCUT2D eigenvalue weighted by Crippen LogP contribution is 2.29. The Hall–Kier alpha value is -4.99. The number of aliphatic carboxylic acids is 1. The van der Waals surface area contributed by atoms with Crippen molar-refractivity contribution in [3.05, 3.63) is 64.8 Å². The number of halogens is 4. The van der Waals surface area contributed by atoms with E-state index in [1.165, 1.54) is 0 Å². The number of rotatable bonds is 2. The number of nitrogens with one attached hydrogen (secondary N) is 5. The van der Waals surface area contributed by atoms with Crippen LogP contribution in [0.3, 0.4) is 0 Å². The van der Waals surface area contributed by atoms with Gasteiger partial charge in [0.15, 0.2) is 5.82 Å². The monoisotopic (exact) mass is 562 g/mol. The van der Waals surface area contributed by atoms with E-state index in [2.05, 4.69) is 57.9 Å². The van der Waals surface area contributed by atoms with Crippen molar-refractivity contribution >= 4 is 58.4 Å². The van der Waals surface area contributed by atoms with E-state index in [0.29, 0.717) is 28.9 Å². The van der Waals surface area contributed by atoms with E-state index in [0.717, 1.165) is 28.9 Å². The standard InChI is InChI=1S/C20H17ClN10O.C2HF3O2/c21-15-10-22-18-24-13-3-1-2-11(8-13)4-5-12-9-14(23-17(15)26-18)6-7-16(12)25-20(32)27-19-28-30-31-29-19;3-2(4,5)1(6)7/h1-3,6-10H,4-5H2,(H2,22,23,24,26)(H3,25,27,28,29,30,31,32);(H,6,7). The van der Waals surface area contributed by atoms with Crippen LogP contribution in [0.1, 0.15) is 11.1 Å². The highest BCUT2D eigenvalue weighted by atomic mass is 35.5. The van der Waals surface area contributed by atoms with Crippen LogP contribution in [0.4, 0.5) is 52.7 Å². The fraction of sp³-hybridized carbons (Fsp3) is 0.136. The Morgan fingerprint density at radius 2 is 1.79 bits per heavy atom. The van der Waals surface area contributed by atoms with Crippen molar-refractivity contribution in [3.8, 4) is 0 Å². The normalized spacial score (nSPS) is 12.1. The van der Waals surface area contributed by atoms with Gasteiger partial charge in [-0.15, -0.1) is 0 Å². The summed E-state index contributed by atoms with van der Waals surface area (Å²) in [6.07, 6.45) is -2.09. The Kier molecular flexibility index (Phi) is 8.04. The van der Waals surface area contributed by atoms with E-state index in [1.807, 2.05) is 36.4 Å². The number of anilines is 6. The number of tetrazole rings is 1. The van der Waals surface area contributed by atoms with Crippen LogP contribution in [0.25, 0.3) is 0 Å². The van der Waals surface area contributed by atoms with Crippen LogP contribution in [0.2, 0.25) is 5.02 Å². The molecule has 202 valence electrons. The third kappa shape index (κ3) is 7.51. The number of amides is 2. The maximum absolute atomic E-state index is 12.4. The van der Waals surface area contributed by atoms with E-state index in [1.54, 1.807) is 6.20 Å². The molecule has 0 fully saturated rings. The molecule has 6 bridgehead atoms. The first-order chi connectivity index (χ1) is 18.6. The van der Waals surface area contributed by atoms with E-state index >= 15 is 0 Å². The van der Waals surface area contributed by atoms with Crippen LogP contribution in [0.15, 0.2) is 48.7 Å². The largest absolute Gasteiger partial charge is 0.490 e. The second-order valence-electron chi connectivity index (χ2n) is 7.84. The first kappa shape index (κ1) is 27.1. The summed E-state index contributed by atoms with van der Waals surface area (Å²) in [5.41, 5.74) is 4.39. The summed E-state index contributed by atoms with van der Waals surface area (Å²) in [5.74, 6) is -1.70. The summed E-state index contributed by atoms with van der Waals surface area (Å²) in [6.45, 7) is 0. The number of aromatic nitrogens is 6. The molecule has 5 rings (SSSR count). The molecule has 2 aromatic carbocycles. The molecule has 1 aliphatic rings. The predicted molar refractivity (Wildman–Crippen MR) is 134 cm³/mol. The van der Waals surface area contributed by atoms with Gasteiger partial charge in [-0.05, 0) is 64.7 Å². The van der Waals surface area contributed by atoms with Crippen molar-refractivity contribution in [1.29, 1.82) is 0 Å². The van der Waals surface area contributed by atoms with Gasteiger partial charge in [-0.25, -0.2) is 19.7 Å². The van der Waals surface area contributed by atoms with E-state index < -0.39 is 18.2 Å². The first-order valence-electron chi connectivity index (χ1n) is 11.0. The van der Waals surface area contributed by atoms with Crippen molar-refractivity contribution in [3.63, 3.8) is 0 Å². The molecular weight excluding hydrogens is 545 g/mol. The van der Waals surface area contributed by atoms with Gasteiger partial charge in [-0.1, -0.05) is 28.8 Å². The Labute approximate surface area is 222 Å². The van der Waals surface area contributed by atoms with Crippen molar-refractivity contribution in [1.82, 2.24) is 30.6 Å². The molecule has 0 spiro atoms. The number of carboxylic acids is 1. The Bertz CT molecular complexity index is 1480. The highest BCUT2D eigenvalue weighted by Gasteiger charge is 2.38. The van der Waals surface area contributed by atoms with Gasteiger partial charge >= 0.3 is 18.2 Å². The molecule has 13 nitrogen and oxygen atoms in total. The molecule has 0 saturated carbocycles. The molecule has 0 unspecified atom stereocenters. The topological polar surface area (TPSA) is 183 Å². The first-order valence-corrected chi connectivity index (χ1v) is 11.3. The lowest BCUT2D eigenvalue weighted by Crippen LogP contribution is -2.21. The second-order valence-corrected chi connectivity index (χ2v) is 8.25. The van der Waals surface area contributed by atoms with E-state index in [4.69, 9.17) is 21.5 Å². The minimum Gasteiger partial charge on any atom is -0.475 e. The SMILES string of the molecule is O=C(Nc1nnn[nH]1)Nc1ccc2cc1CCc1cccc(c1)Nc1ncc(Cl)c(n1)N2.O=C(O)C(F)(F)F. The summed E-state index contributed by atoms with van der Waals surface area (Å²) in [5, 5.41) is 32.4. The quantitative estimate of drug-likeness (QED) is 0.203. The van der Waals surface area contributed by atoms with Gasteiger partial charge in [0.25, 0.3) is 0 Å². The number of aryl methyl sites for hydroxylation is 2. The van der Waals surface area contributed by atoms with Crippen molar-refractivity contribution in [2.45, 2.75) is 19.0 Å². The third-order valence-electron chi connectivity index (χ3n) is 5.05. The molecule has 0 aliphatic carbocycles. The Balaban J connectivity index is 0.000000448. The van der Waals surface area contributed by atoms with Gasteiger partial charge in [-0.2, -0.15) is 18.2 Å². The number of nitrogens with zero attached hydrogens (tertiary/aromatic N) is 5. The molecule has 2 amide bonds. The van der Waals surface area contributed by atoms with Gasteiger partial charge in [0.2, 0.25) is 11.9 Å². The van der Waals surface area contributed by atoms with Gasteiger partial charge in [0.1, 0.15) is 5.02 Å². The van der Waals surface area contributed by atoms with E-state index in [-0.39, 0.29) is 5.95 Å². The molecule has 39 heavy (non-hydrogen) atoms. The Morgan fingerprint density at radius 3 is 2.51 bits per heavy atom. The summed E-state index contributed by atoms with van der Waals surface area (Å²) in [7, 11) is 0. The number of H-pyrrole nitrogens is 1. The number of aromatic amines is 1. The predicted octanol–water partition coefficient (Wildman–Crippen LogP) is 4.51. The third-order valence-corrected chi connectivity index (χ3v) is 5.32. The number of carboxylic acid groups (broad SMARTS) is 1. The molecule has 17 heteroatoms. The molecule has 0 saturated heterocycles. The van der Waals surface area contributed by atoms with Crippen molar-refractivity contribution in [2.24, 2.45) is 0 Å². The number of fused-ring (bicyclic) bond motifs is 6. The van der Waals surface area contributed by atoms with Crippen LogP contribution in [-0.2, 0) is 17.6 Å². The minimum atomic E-state index is -5.08. The van der Waals surface area contributed by atoms with Gasteiger partial charge < -0.3 is 21.1 Å². The van der Waals surface area contributed by atoms with Crippen molar-refractivity contribution in [2.75, 3.05) is 21.3 Å². The molecule has 0 radical (unpaired) electrons. The van der Waals surface area contributed by atoms with Crippen LogP contribution in [0.5, 0.6) is 0 Å². The summed E-state index contributed by atoms with van der Waals surface area (Å²) in [4.78, 5) is 30.0. The zero-order valence-corrected chi connectivity index (χ0v) is 20.3. The summed E-state index contributed by atoms with van der Waals surface area (Å²) >= 11 is 6.30. The van der Waals surface area contributed by atoms with Crippen LogP contribution >= 0.6 is 11.6 Å².